The van der Waals surface area contributed by atoms with Crippen LogP contribution in [0.4, 0.5) is 14.6 Å². The summed E-state index contributed by atoms with van der Waals surface area (Å²) in [5.74, 6) is -0.207. The lowest BCUT2D eigenvalue weighted by Gasteiger charge is -2.14. The minimum absolute atomic E-state index is 0.0571. The van der Waals surface area contributed by atoms with Crippen molar-refractivity contribution in [1.29, 1.82) is 0 Å². The van der Waals surface area contributed by atoms with Crippen LogP contribution in [0.2, 0.25) is 0 Å². The summed E-state index contributed by atoms with van der Waals surface area (Å²) in [7, 11) is 0. The molecule has 0 aliphatic carbocycles. The third-order valence-electron chi connectivity index (χ3n) is 3.52. The molecule has 3 rings (SSSR count). The van der Waals surface area contributed by atoms with Gasteiger partial charge >= 0.3 is 0 Å². The number of rotatable bonds is 6. The van der Waals surface area contributed by atoms with E-state index in [4.69, 9.17) is 4.74 Å². The van der Waals surface area contributed by atoms with E-state index in [1.165, 1.54) is 28.5 Å². The molecule has 0 saturated carbocycles. The average molecular weight is 367 g/mol. The molecule has 1 aliphatic rings. The van der Waals surface area contributed by atoms with E-state index in [2.05, 4.69) is 10.3 Å². The minimum Gasteiger partial charge on any atom is -0.488 e. The van der Waals surface area contributed by atoms with Crippen molar-refractivity contribution in [1.82, 2.24) is 9.55 Å². The van der Waals surface area contributed by atoms with Gasteiger partial charge in [-0.1, -0.05) is 18.7 Å². The molecule has 1 amide bonds. The maximum absolute atomic E-state index is 14.2. The van der Waals surface area contributed by atoms with Crippen LogP contribution in [-0.4, -0.2) is 34.5 Å². The van der Waals surface area contributed by atoms with E-state index in [-0.39, 0.29) is 41.8 Å². The van der Waals surface area contributed by atoms with Gasteiger partial charge in [-0.15, -0.1) is 0 Å². The maximum atomic E-state index is 14.2. The summed E-state index contributed by atoms with van der Waals surface area (Å²) >= 11 is 1.30. The molecule has 0 radical (unpaired) electrons. The second-order valence-electron chi connectivity index (χ2n) is 5.17. The van der Waals surface area contributed by atoms with Gasteiger partial charge in [-0.3, -0.25) is 14.2 Å². The van der Waals surface area contributed by atoms with Gasteiger partial charge in [0.25, 0.3) is 5.56 Å². The SMILES string of the molecule is CCSc1nc2c(c(=O)n1-c1ccc(OCCF)c(F)c1)CC(=O)N2. The van der Waals surface area contributed by atoms with Crippen LogP contribution in [0.25, 0.3) is 5.69 Å². The molecule has 0 spiro atoms. The number of ether oxygens (including phenoxy) is 1. The standard InChI is InChI=1S/C16H15F2N3O3S/c1-2-25-16-20-14-10(8-13(22)19-14)15(23)21(16)9-3-4-12(11(18)7-9)24-6-5-17/h3-4,7H,2,5-6,8H2,1H3,(H,19,22). The van der Waals surface area contributed by atoms with Crippen molar-refractivity contribution >= 4 is 23.5 Å². The van der Waals surface area contributed by atoms with E-state index in [1.54, 1.807) is 0 Å². The quantitative estimate of drug-likeness (QED) is 0.627. The number of anilines is 1. The molecule has 0 saturated heterocycles. The van der Waals surface area contributed by atoms with E-state index in [0.717, 1.165) is 6.07 Å². The molecule has 0 atom stereocenters. The molecule has 2 heterocycles. The van der Waals surface area contributed by atoms with Crippen LogP contribution >= 0.6 is 11.8 Å². The molecule has 1 aromatic heterocycles. The first-order valence-corrected chi connectivity index (χ1v) is 8.61. The lowest BCUT2D eigenvalue weighted by atomic mass is 10.2. The molecule has 1 aromatic carbocycles. The van der Waals surface area contributed by atoms with E-state index >= 15 is 0 Å². The summed E-state index contributed by atoms with van der Waals surface area (Å²) in [4.78, 5) is 28.7. The molecule has 1 aliphatic heterocycles. The summed E-state index contributed by atoms with van der Waals surface area (Å²) in [6.45, 7) is 0.913. The lowest BCUT2D eigenvalue weighted by molar-refractivity contribution is -0.115. The van der Waals surface area contributed by atoms with Crippen molar-refractivity contribution in [3.05, 3.63) is 39.9 Å². The number of nitrogens with zero attached hydrogens (tertiary/aromatic N) is 2. The van der Waals surface area contributed by atoms with Crippen molar-refractivity contribution in [2.24, 2.45) is 0 Å². The topological polar surface area (TPSA) is 73.2 Å². The smallest absolute Gasteiger partial charge is 0.264 e. The van der Waals surface area contributed by atoms with Crippen molar-refractivity contribution in [3.8, 4) is 11.4 Å². The molecule has 1 N–H and O–H groups in total. The number of fused-ring (bicyclic) bond motifs is 1. The van der Waals surface area contributed by atoms with Crippen LogP contribution < -0.4 is 15.6 Å². The molecule has 0 fully saturated rings. The predicted molar refractivity (Wildman–Crippen MR) is 90.0 cm³/mol. The monoisotopic (exact) mass is 367 g/mol. The van der Waals surface area contributed by atoms with Gasteiger partial charge in [0.15, 0.2) is 16.7 Å². The number of amides is 1. The fourth-order valence-electron chi connectivity index (χ4n) is 2.48. The Balaban J connectivity index is 2.10. The zero-order valence-corrected chi connectivity index (χ0v) is 14.2. The Hall–Kier alpha value is -2.42. The average Bonchev–Trinajstić information content (AvgIpc) is 2.95. The van der Waals surface area contributed by atoms with Crippen LogP contribution in [0.1, 0.15) is 12.5 Å². The molecular weight excluding hydrogens is 352 g/mol. The summed E-state index contributed by atoms with van der Waals surface area (Å²) in [6, 6.07) is 3.97. The van der Waals surface area contributed by atoms with Gasteiger partial charge in [-0.05, 0) is 17.9 Å². The fraction of sp³-hybridized carbons (Fsp3) is 0.312. The summed E-state index contributed by atoms with van der Waals surface area (Å²) in [5, 5.41) is 2.91. The van der Waals surface area contributed by atoms with Gasteiger partial charge in [-0.25, -0.2) is 13.8 Å². The summed E-state index contributed by atoms with van der Waals surface area (Å²) in [6.07, 6.45) is -0.0571. The van der Waals surface area contributed by atoms with E-state index in [9.17, 15) is 18.4 Å². The fourth-order valence-corrected chi connectivity index (χ4v) is 3.22. The first-order chi connectivity index (χ1) is 12.0. The first kappa shape index (κ1) is 17.4. The maximum Gasteiger partial charge on any atom is 0.264 e. The summed E-state index contributed by atoms with van der Waals surface area (Å²) in [5.41, 5.74) is 0.0976. The van der Waals surface area contributed by atoms with E-state index < -0.39 is 18.1 Å². The lowest BCUT2D eigenvalue weighted by Crippen LogP contribution is -2.24. The van der Waals surface area contributed by atoms with Crippen molar-refractivity contribution in [2.45, 2.75) is 18.5 Å². The van der Waals surface area contributed by atoms with Gasteiger partial charge in [0.1, 0.15) is 19.1 Å². The van der Waals surface area contributed by atoms with Gasteiger partial charge < -0.3 is 10.1 Å². The zero-order valence-electron chi connectivity index (χ0n) is 13.3. The van der Waals surface area contributed by atoms with Crippen LogP contribution in [-0.2, 0) is 11.2 Å². The van der Waals surface area contributed by atoms with Gasteiger partial charge in [0, 0.05) is 6.07 Å². The molecule has 132 valence electrons. The molecular formula is C16H15F2N3O3S. The van der Waals surface area contributed by atoms with Gasteiger partial charge in [0.2, 0.25) is 5.91 Å². The number of benzene rings is 1. The third-order valence-corrected chi connectivity index (χ3v) is 4.34. The number of alkyl halides is 1. The number of hydrogen-bond acceptors (Lipinski definition) is 5. The first-order valence-electron chi connectivity index (χ1n) is 7.62. The molecule has 0 bridgehead atoms. The predicted octanol–water partition coefficient (Wildman–Crippen LogP) is 2.33. The second kappa shape index (κ2) is 7.22. The van der Waals surface area contributed by atoms with Crippen LogP contribution in [0.15, 0.2) is 28.2 Å². The third kappa shape index (κ3) is 3.37. The van der Waals surface area contributed by atoms with Crippen LogP contribution in [0, 0.1) is 5.82 Å². The highest BCUT2D eigenvalue weighted by Gasteiger charge is 2.26. The van der Waals surface area contributed by atoms with Crippen molar-refractivity contribution in [3.63, 3.8) is 0 Å². The number of thioether (sulfide) groups is 1. The Morgan fingerprint density at radius 1 is 1.40 bits per heavy atom. The normalized spacial score (nSPS) is 12.8. The number of hydrogen-bond donors (Lipinski definition) is 1. The Morgan fingerprint density at radius 2 is 2.20 bits per heavy atom. The van der Waals surface area contributed by atoms with Crippen molar-refractivity contribution in [2.75, 3.05) is 24.4 Å². The number of nitrogens with one attached hydrogen (secondary N) is 1. The number of carbonyl (C=O) groups is 1. The van der Waals surface area contributed by atoms with E-state index in [0.29, 0.717) is 10.9 Å². The molecule has 6 nitrogen and oxygen atoms in total. The van der Waals surface area contributed by atoms with Crippen LogP contribution in [0.3, 0.4) is 0 Å². The Labute approximate surface area is 146 Å². The highest BCUT2D eigenvalue weighted by molar-refractivity contribution is 7.99. The Bertz CT molecular complexity index is 886. The molecule has 2 aromatic rings. The van der Waals surface area contributed by atoms with Crippen molar-refractivity contribution < 1.29 is 18.3 Å². The number of carbonyl (C=O) groups excluding carboxylic acids is 1. The minimum atomic E-state index is -0.728. The number of halogens is 2. The Morgan fingerprint density at radius 3 is 2.88 bits per heavy atom. The highest BCUT2D eigenvalue weighted by atomic mass is 32.2. The largest absolute Gasteiger partial charge is 0.488 e. The van der Waals surface area contributed by atoms with Gasteiger partial charge in [0.05, 0.1) is 17.7 Å². The zero-order chi connectivity index (χ0) is 18.0. The molecule has 25 heavy (non-hydrogen) atoms. The highest BCUT2D eigenvalue weighted by Crippen LogP contribution is 2.26. The van der Waals surface area contributed by atoms with Gasteiger partial charge in [-0.2, -0.15) is 0 Å². The summed E-state index contributed by atoms with van der Waals surface area (Å²) < 4.78 is 32.6. The van der Waals surface area contributed by atoms with Crippen LogP contribution in [0.5, 0.6) is 5.75 Å². The number of aromatic nitrogens is 2. The molecule has 9 heteroatoms. The second-order valence-corrected chi connectivity index (χ2v) is 6.40. The molecule has 0 unspecified atom stereocenters. The Kier molecular flexibility index (Phi) is 5.03. The van der Waals surface area contributed by atoms with E-state index in [1.807, 2.05) is 6.92 Å².